The topological polar surface area (TPSA) is 43.4 Å². The van der Waals surface area contributed by atoms with Crippen molar-refractivity contribution in [3.8, 4) is 11.1 Å². The molecule has 5 heteroatoms. The van der Waals surface area contributed by atoms with E-state index in [4.69, 9.17) is 0 Å². The summed E-state index contributed by atoms with van der Waals surface area (Å²) in [4.78, 5) is 22.7. The van der Waals surface area contributed by atoms with E-state index in [0.29, 0.717) is 11.3 Å². The fourth-order valence-electron chi connectivity index (χ4n) is 2.94. The lowest BCUT2D eigenvalue weighted by Gasteiger charge is -2.13. The zero-order valence-electron chi connectivity index (χ0n) is 16.7. The van der Waals surface area contributed by atoms with Crippen LogP contribution >= 0.6 is 11.8 Å². The SMILES string of the molecule is COC(=O)CC(=O)CSC/C=C/c1c(C)cc(C)cc1-c1ccc(F)c(C)c1. The molecule has 0 heterocycles. The third kappa shape index (κ3) is 6.06. The Hall–Kier alpha value is -2.40. The molecule has 28 heavy (non-hydrogen) atoms. The van der Waals surface area contributed by atoms with Crippen LogP contribution < -0.4 is 0 Å². The predicted octanol–water partition coefficient (Wildman–Crippen LogP) is 5.30. The zero-order valence-corrected chi connectivity index (χ0v) is 17.5. The zero-order chi connectivity index (χ0) is 20.7. The summed E-state index contributed by atoms with van der Waals surface area (Å²) in [6, 6.07) is 9.38. The number of carbonyl (C=O) groups excluding carboxylic acids is 2. The van der Waals surface area contributed by atoms with Gasteiger partial charge in [-0.15, -0.1) is 11.8 Å². The van der Waals surface area contributed by atoms with Gasteiger partial charge in [-0.25, -0.2) is 4.39 Å². The smallest absolute Gasteiger partial charge is 0.313 e. The molecular formula is C23H25FO3S. The first-order chi connectivity index (χ1) is 13.3. The Kier molecular flexibility index (Phi) is 8.00. The fourth-order valence-corrected chi connectivity index (χ4v) is 3.62. The predicted molar refractivity (Wildman–Crippen MR) is 114 cm³/mol. The number of carbonyl (C=O) groups is 2. The van der Waals surface area contributed by atoms with Crippen molar-refractivity contribution < 1.29 is 18.7 Å². The molecule has 0 radical (unpaired) electrons. The molecule has 0 aliphatic rings. The summed E-state index contributed by atoms with van der Waals surface area (Å²) in [7, 11) is 1.27. The molecule has 0 N–H and O–H groups in total. The number of rotatable bonds is 8. The summed E-state index contributed by atoms with van der Waals surface area (Å²) in [5.74, 6) is 0.0754. The van der Waals surface area contributed by atoms with Crippen LogP contribution in [-0.2, 0) is 14.3 Å². The first kappa shape index (κ1) is 21.9. The van der Waals surface area contributed by atoms with Gasteiger partial charge in [-0.3, -0.25) is 9.59 Å². The van der Waals surface area contributed by atoms with Gasteiger partial charge in [0.1, 0.15) is 12.2 Å². The van der Waals surface area contributed by atoms with Crippen molar-refractivity contribution in [3.63, 3.8) is 0 Å². The van der Waals surface area contributed by atoms with Crippen LogP contribution in [-0.4, -0.2) is 30.4 Å². The van der Waals surface area contributed by atoms with E-state index in [1.807, 2.05) is 25.1 Å². The quantitative estimate of drug-likeness (QED) is 0.343. The number of aryl methyl sites for hydroxylation is 3. The number of Topliss-reactive ketones (excluding diaryl/α,β-unsaturated/α-hetero) is 1. The molecule has 0 aliphatic heterocycles. The van der Waals surface area contributed by atoms with Crippen LogP contribution in [0.2, 0.25) is 0 Å². The summed E-state index contributed by atoms with van der Waals surface area (Å²) < 4.78 is 18.1. The van der Waals surface area contributed by atoms with Crippen molar-refractivity contribution in [2.24, 2.45) is 0 Å². The summed E-state index contributed by atoms with van der Waals surface area (Å²) >= 11 is 1.45. The number of hydrogen-bond donors (Lipinski definition) is 0. The highest BCUT2D eigenvalue weighted by Crippen LogP contribution is 2.30. The number of halogens is 1. The Morgan fingerprint density at radius 2 is 1.86 bits per heavy atom. The van der Waals surface area contributed by atoms with Crippen molar-refractivity contribution in [3.05, 3.63) is 64.5 Å². The van der Waals surface area contributed by atoms with Crippen molar-refractivity contribution in [2.75, 3.05) is 18.6 Å². The average Bonchev–Trinajstić information content (AvgIpc) is 2.64. The maximum atomic E-state index is 13.7. The summed E-state index contributed by atoms with van der Waals surface area (Å²) in [5.41, 5.74) is 6.02. The Morgan fingerprint density at radius 3 is 2.54 bits per heavy atom. The molecule has 0 saturated heterocycles. The van der Waals surface area contributed by atoms with Crippen molar-refractivity contribution in [1.29, 1.82) is 0 Å². The van der Waals surface area contributed by atoms with E-state index in [9.17, 15) is 14.0 Å². The lowest BCUT2D eigenvalue weighted by atomic mass is 9.92. The number of ether oxygens (including phenoxy) is 1. The molecule has 0 aromatic heterocycles. The molecule has 0 atom stereocenters. The lowest BCUT2D eigenvalue weighted by molar-refractivity contribution is -0.142. The minimum absolute atomic E-state index is 0.140. The molecule has 0 aliphatic carbocycles. The molecule has 2 aromatic rings. The van der Waals surface area contributed by atoms with Gasteiger partial charge in [0.2, 0.25) is 0 Å². The summed E-state index contributed by atoms with van der Waals surface area (Å²) in [6.45, 7) is 5.86. The number of thioether (sulfide) groups is 1. The minimum Gasteiger partial charge on any atom is -0.469 e. The van der Waals surface area contributed by atoms with E-state index in [-0.39, 0.29) is 23.8 Å². The van der Waals surface area contributed by atoms with E-state index in [1.165, 1.54) is 24.9 Å². The van der Waals surface area contributed by atoms with Crippen LogP contribution in [0.4, 0.5) is 4.39 Å². The molecule has 0 spiro atoms. The summed E-state index contributed by atoms with van der Waals surface area (Å²) in [5, 5.41) is 0. The molecule has 0 fully saturated rings. The molecule has 2 aromatic carbocycles. The van der Waals surface area contributed by atoms with E-state index in [0.717, 1.165) is 27.8 Å². The average molecular weight is 401 g/mol. The molecule has 0 bridgehead atoms. The van der Waals surface area contributed by atoms with Gasteiger partial charge < -0.3 is 4.74 Å². The van der Waals surface area contributed by atoms with Crippen LogP contribution in [0, 0.1) is 26.6 Å². The van der Waals surface area contributed by atoms with Gasteiger partial charge in [0.05, 0.1) is 12.9 Å². The molecular weight excluding hydrogens is 375 g/mol. The third-order valence-corrected chi connectivity index (χ3v) is 5.29. The van der Waals surface area contributed by atoms with E-state index in [1.54, 1.807) is 13.0 Å². The van der Waals surface area contributed by atoms with Crippen molar-refractivity contribution in [1.82, 2.24) is 0 Å². The molecule has 3 nitrogen and oxygen atoms in total. The summed E-state index contributed by atoms with van der Waals surface area (Å²) in [6.07, 6.45) is 3.87. The van der Waals surface area contributed by atoms with Crippen LogP contribution in [0.15, 0.2) is 36.4 Å². The second-order valence-electron chi connectivity index (χ2n) is 6.72. The normalized spacial score (nSPS) is 11.0. The fraction of sp³-hybridized carbons (Fsp3) is 0.304. The van der Waals surface area contributed by atoms with Gasteiger partial charge in [-0.2, -0.15) is 0 Å². The van der Waals surface area contributed by atoms with E-state index >= 15 is 0 Å². The van der Waals surface area contributed by atoms with Gasteiger partial charge in [0.15, 0.2) is 5.78 Å². The monoisotopic (exact) mass is 400 g/mol. The van der Waals surface area contributed by atoms with Crippen LogP contribution in [0.3, 0.4) is 0 Å². The Balaban J connectivity index is 2.12. The first-order valence-electron chi connectivity index (χ1n) is 9.02. The van der Waals surface area contributed by atoms with Gasteiger partial charge in [0.25, 0.3) is 0 Å². The first-order valence-corrected chi connectivity index (χ1v) is 10.2. The number of benzene rings is 2. The Labute approximate surface area is 170 Å². The standard InChI is InChI=1S/C23H25FO3S/c1-15-10-16(2)20(6-5-9-28-14-19(25)13-23(26)27-4)21(11-15)18-7-8-22(24)17(3)12-18/h5-8,10-12H,9,13-14H2,1-4H3/b6-5+. The lowest BCUT2D eigenvalue weighted by Crippen LogP contribution is -2.11. The highest BCUT2D eigenvalue weighted by molar-refractivity contribution is 8.00. The highest BCUT2D eigenvalue weighted by atomic mass is 32.2. The second kappa shape index (κ2) is 10.2. The van der Waals surface area contributed by atoms with Gasteiger partial charge in [-0.05, 0) is 60.7 Å². The Morgan fingerprint density at radius 1 is 1.11 bits per heavy atom. The second-order valence-corrected chi connectivity index (χ2v) is 7.75. The van der Waals surface area contributed by atoms with Crippen LogP contribution in [0.25, 0.3) is 17.2 Å². The maximum absolute atomic E-state index is 13.7. The largest absolute Gasteiger partial charge is 0.469 e. The van der Waals surface area contributed by atoms with Gasteiger partial charge in [0, 0.05) is 5.75 Å². The maximum Gasteiger partial charge on any atom is 0.313 e. The number of esters is 1. The number of ketones is 1. The van der Waals surface area contributed by atoms with Crippen molar-refractivity contribution in [2.45, 2.75) is 27.2 Å². The molecule has 2 rings (SSSR count). The van der Waals surface area contributed by atoms with Crippen LogP contribution in [0.1, 0.15) is 28.7 Å². The van der Waals surface area contributed by atoms with Crippen LogP contribution in [0.5, 0.6) is 0 Å². The molecule has 0 saturated carbocycles. The van der Waals surface area contributed by atoms with Gasteiger partial charge >= 0.3 is 5.97 Å². The highest BCUT2D eigenvalue weighted by Gasteiger charge is 2.10. The molecule has 0 amide bonds. The molecule has 148 valence electrons. The third-order valence-electron chi connectivity index (χ3n) is 4.33. The molecule has 0 unspecified atom stereocenters. The minimum atomic E-state index is -0.504. The number of methoxy groups -OCH3 is 1. The van der Waals surface area contributed by atoms with E-state index in [2.05, 4.69) is 23.8 Å². The number of hydrogen-bond acceptors (Lipinski definition) is 4. The van der Waals surface area contributed by atoms with Gasteiger partial charge in [-0.1, -0.05) is 35.9 Å². The Bertz CT molecular complexity index is 903. The van der Waals surface area contributed by atoms with Crippen molar-refractivity contribution >= 4 is 29.6 Å². The van der Waals surface area contributed by atoms with E-state index < -0.39 is 5.97 Å².